The molecule has 3 rings (SSSR count). The summed E-state index contributed by atoms with van der Waals surface area (Å²) >= 11 is 0.745. The normalized spacial score (nSPS) is 15.4. The number of aliphatic hydroxyl groups is 1. The summed E-state index contributed by atoms with van der Waals surface area (Å²) in [5.41, 5.74) is 2.49. The number of amides is 2. The number of benzene rings is 1. The monoisotopic (exact) mass is 499 g/mol. The third-order valence-corrected chi connectivity index (χ3v) is 6.13. The van der Waals surface area contributed by atoms with Crippen LogP contribution in [0.3, 0.4) is 0 Å². The SMILES string of the molecule is CCN(CCNN(C)C(=O)c1ccc([N+](=O)[O-])s1)c1c(F)cc(N2C[C@H](CO)OC2=O)cc1F. The summed E-state index contributed by atoms with van der Waals surface area (Å²) in [6, 6.07) is 4.64. The van der Waals surface area contributed by atoms with Gasteiger partial charge in [0.1, 0.15) is 16.7 Å². The zero-order chi connectivity index (χ0) is 25.0. The summed E-state index contributed by atoms with van der Waals surface area (Å²) in [5.74, 6) is -2.25. The van der Waals surface area contributed by atoms with E-state index in [1.54, 1.807) is 6.92 Å². The lowest BCUT2D eigenvalue weighted by molar-refractivity contribution is -0.380. The average molecular weight is 499 g/mol. The fourth-order valence-corrected chi connectivity index (χ4v) is 4.19. The van der Waals surface area contributed by atoms with Crippen molar-refractivity contribution in [1.29, 1.82) is 0 Å². The molecule has 0 radical (unpaired) electrons. The summed E-state index contributed by atoms with van der Waals surface area (Å²) in [6.07, 6.45) is -1.57. The predicted molar refractivity (Wildman–Crippen MR) is 120 cm³/mol. The van der Waals surface area contributed by atoms with Crippen molar-refractivity contribution in [3.05, 3.63) is 50.9 Å². The second-order valence-corrected chi connectivity index (χ2v) is 8.37. The number of carbonyl (C=O) groups is 2. The van der Waals surface area contributed by atoms with E-state index in [1.165, 1.54) is 24.1 Å². The number of rotatable bonds is 10. The molecule has 1 fully saturated rings. The first-order chi connectivity index (χ1) is 16.2. The van der Waals surface area contributed by atoms with Gasteiger partial charge >= 0.3 is 11.1 Å². The van der Waals surface area contributed by atoms with E-state index in [2.05, 4.69) is 5.43 Å². The van der Waals surface area contributed by atoms with Gasteiger partial charge < -0.3 is 14.7 Å². The molecule has 1 aromatic heterocycles. The summed E-state index contributed by atoms with van der Waals surface area (Å²) in [5, 5.41) is 20.9. The van der Waals surface area contributed by atoms with Crippen LogP contribution in [0.15, 0.2) is 24.3 Å². The van der Waals surface area contributed by atoms with Crippen LogP contribution in [-0.2, 0) is 4.74 Å². The lowest BCUT2D eigenvalue weighted by Gasteiger charge is -2.27. The van der Waals surface area contributed by atoms with E-state index in [0.717, 1.165) is 33.4 Å². The van der Waals surface area contributed by atoms with Crippen LogP contribution in [0, 0.1) is 21.7 Å². The van der Waals surface area contributed by atoms with Crippen LogP contribution in [-0.4, -0.2) is 73.0 Å². The van der Waals surface area contributed by atoms with Gasteiger partial charge in [0.05, 0.1) is 23.8 Å². The van der Waals surface area contributed by atoms with Gasteiger partial charge in [-0.05, 0) is 13.0 Å². The van der Waals surface area contributed by atoms with Crippen molar-refractivity contribution in [1.82, 2.24) is 10.4 Å². The Bertz CT molecular complexity index is 1060. The number of likely N-dealkylation sites (N-methyl/N-ethyl adjacent to an activating group) is 1. The first-order valence-electron chi connectivity index (χ1n) is 10.2. The van der Waals surface area contributed by atoms with Crippen LogP contribution in [0.25, 0.3) is 0 Å². The molecule has 2 amide bonds. The van der Waals surface area contributed by atoms with Crippen molar-refractivity contribution in [2.75, 3.05) is 49.6 Å². The molecule has 2 aromatic rings. The van der Waals surface area contributed by atoms with Gasteiger partial charge in [0.2, 0.25) is 0 Å². The molecular weight excluding hydrogens is 476 g/mol. The standard InChI is InChI=1S/C20H23F2N5O6S/c1-3-25(7-6-23-24(2)19(29)16-4-5-17(34-16)27(31)32)18-14(21)8-12(9-15(18)22)26-10-13(11-28)33-20(26)30/h4-5,8-9,13,23,28H,3,6-7,10-11H2,1-2H3/t13-/m1/s1. The Morgan fingerprint density at radius 2 is 2.06 bits per heavy atom. The third-order valence-electron chi connectivity index (χ3n) is 5.11. The molecule has 0 unspecified atom stereocenters. The van der Waals surface area contributed by atoms with Crippen LogP contribution < -0.4 is 15.2 Å². The lowest BCUT2D eigenvalue weighted by Crippen LogP contribution is -2.43. The van der Waals surface area contributed by atoms with Crippen molar-refractivity contribution in [3.63, 3.8) is 0 Å². The molecule has 184 valence electrons. The largest absolute Gasteiger partial charge is 0.441 e. The predicted octanol–water partition coefficient (Wildman–Crippen LogP) is 2.36. The highest BCUT2D eigenvalue weighted by molar-refractivity contribution is 7.17. The van der Waals surface area contributed by atoms with Gasteiger partial charge in [-0.25, -0.2) is 19.0 Å². The van der Waals surface area contributed by atoms with Crippen molar-refractivity contribution >= 4 is 39.7 Å². The Morgan fingerprint density at radius 3 is 2.59 bits per heavy atom. The molecule has 0 bridgehead atoms. The molecule has 1 saturated heterocycles. The molecule has 11 nitrogen and oxygen atoms in total. The summed E-state index contributed by atoms with van der Waals surface area (Å²) in [6.45, 7) is 1.80. The van der Waals surface area contributed by atoms with Crippen LogP contribution in [0.1, 0.15) is 16.6 Å². The lowest BCUT2D eigenvalue weighted by atomic mass is 10.2. The molecule has 1 aliphatic rings. The number of cyclic esters (lactones) is 1. The number of thiophene rings is 1. The number of hydrogen-bond donors (Lipinski definition) is 2. The molecule has 0 saturated carbocycles. The molecule has 1 aromatic carbocycles. The number of anilines is 2. The molecule has 14 heteroatoms. The van der Waals surface area contributed by atoms with E-state index in [4.69, 9.17) is 9.84 Å². The van der Waals surface area contributed by atoms with Gasteiger partial charge in [-0.2, -0.15) is 0 Å². The Morgan fingerprint density at radius 1 is 1.38 bits per heavy atom. The fraction of sp³-hybridized carbons (Fsp3) is 0.400. The highest BCUT2D eigenvalue weighted by Crippen LogP contribution is 2.31. The number of nitro groups is 1. The van der Waals surface area contributed by atoms with Gasteiger partial charge in [0.25, 0.3) is 5.91 Å². The number of aliphatic hydroxyl groups excluding tert-OH is 1. The summed E-state index contributed by atoms with van der Waals surface area (Å²) in [4.78, 5) is 37.2. The Labute approximate surface area is 197 Å². The Balaban J connectivity index is 1.64. The zero-order valence-corrected chi connectivity index (χ0v) is 19.2. The molecule has 34 heavy (non-hydrogen) atoms. The number of halogens is 2. The number of carbonyl (C=O) groups excluding carboxylic acids is 2. The number of nitrogens with zero attached hydrogens (tertiary/aromatic N) is 4. The van der Waals surface area contributed by atoms with E-state index < -0.39 is 41.3 Å². The summed E-state index contributed by atoms with van der Waals surface area (Å²) < 4.78 is 34.6. The minimum absolute atomic E-state index is 0.0238. The van der Waals surface area contributed by atoms with Crippen LogP contribution in [0.5, 0.6) is 0 Å². The number of hydrazine groups is 1. The minimum atomic E-state index is -0.882. The molecule has 0 spiro atoms. The zero-order valence-electron chi connectivity index (χ0n) is 18.4. The van der Waals surface area contributed by atoms with Crippen LogP contribution in [0.4, 0.5) is 30.0 Å². The van der Waals surface area contributed by atoms with Crippen molar-refractivity contribution < 1.29 is 33.1 Å². The maximum atomic E-state index is 14.9. The Kier molecular flexibility index (Phi) is 7.96. The Hall–Kier alpha value is -3.36. The van der Waals surface area contributed by atoms with Crippen molar-refractivity contribution in [2.24, 2.45) is 0 Å². The average Bonchev–Trinajstić information content (AvgIpc) is 3.43. The molecule has 0 aliphatic carbocycles. The van der Waals surface area contributed by atoms with Gasteiger partial charge in [0.15, 0.2) is 11.6 Å². The number of ether oxygens (including phenoxy) is 1. The first kappa shape index (κ1) is 25.3. The minimum Gasteiger partial charge on any atom is -0.441 e. The van der Waals surface area contributed by atoms with Crippen LogP contribution in [0.2, 0.25) is 0 Å². The number of nitrogens with one attached hydrogen (secondary N) is 1. The maximum absolute atomic E-state index is 14.9. The number of hydrogen-bond acceptors (Lipinski definition) is 9. The highest BCUT2D eigenvalue weighted by Gasteiger charge is 2.33. The summed E-state index contributed by atoms with van der Waals surface area (Å²) in [7, 11) is 1.44. The molecule has 1 aliphatic heterocycles. The van der Waals surface area contributed by atoms with E-state index in [1.807, 2.05) is 0 Å². The van der Waals surface area contributed by atoms with E-state index in [9.17, 15) is 28.5 Å². The molecule has 2 N–H and O–H groups in total. The van der Waals surface area contributed by atoms with E-state index >= 15 is 0 Å². The van der Waals surface area contributed by atoms with Crippen molar-refractivity contribution in [2.45, 2.75) is 13.0 Å². The molecule has 2 heterocycles. The first-order valence-corrected chi connectivity index (χ1v) is 11.1. The fourth-order valence-electron chi connectivity index (χ4n) is 3.40. The topological polar surface area (TPSA) is 128 Å². The van der Waals surface area contributed by atoms with Crippen LogP contribution >= 0.6 is 11.3 Å². The molecular formula is C20H23F2N5O6S. The quantitative estimate of drug-likeness (QED) is 0.377. The smallest absolute Gasteiger partial charge is 0.414 e. The second kappa shape index (κ2) is 10.7. The van der Waals surface area contributed by atoms with Crippen molar-refractivity contribution in [3.8, 4) is 0 Å². The van der Waals surface area contributed by atoms with E-state index in [-0.39, 0.29) is 47.4 Å². The second-order valence-electron chi connectivity index (χ2n) is 7.30. The van der Waals surface area contributed by atoms with Gasteiger partial charge in [0, 0.05) is 44.9 Å². The third kappa shape index (κ3) is 5.40. The van der Waals surface area contributed by atoms with Gasteiger partial charge in [-0.1, -0.05) is 11.3 Å². The maximum Gasteiger partial charge on any atom is 0.414 e. The highest BCUT2D eigenvalue weighted by atomic mass is 32.1. The van der Waals surface area contributed by atoms with Gasteiger partial charge in [-0.15, -0.1) is 0 Å². The van der Waals surface area contributed by atoms with E-state index in [0.29, 0.717) is 0 Å². The molecule has 1 atom stereocenters. The van der Waals surface area contributed by atoms with Gasteiger partial charge in [-0.3, -0.25) is 24.8 Å².